The van der Waals surface area contributed by atoms with Crippen LogP contribution in [0.1, 0.15) is 23.6 Å². The van der Waals surface area contributed by atoms with E-state index in [0.717, 1.165) is 10.5 Å². The molecule has 35 heavy (non-hydrogen) atoms. The number of carbonyl (C=O) groups excluding carboxylic acids is 2. The van der Waals surface area contributed by atoms with Crippen molar-refractivity contribution in [2.75, 3.05) is 0 Å². The van der Waals surface area contributed by atoms with Crippen molar-refractivity contribution < 1.29 is 23.1 Å². The SMILES string of the molecule is CC1=C(C#N)C(=O)N(Cc2ccc(F)cc2)C(=O)/C1=C/c1ccc(OCc2ccc(F)cc2)cc1. The number of halogens is 2. The highest BCUT2D eigenvalue weighted by atomic mass is 19.1. The number of amides is 2. The molecule has 2 amide bonds. The van der Waals surface area contributed by atoms with Gasteiger partial charge in [-0.2, -0.15) is 5.26 Å². The molecular formula is C28H20F2N2O3. The lowest BCUT2D eigenvalue weighted by molar-refractivity contribution is -0.141. The lowest BCUT2D eigenvalue weighted by atomic mass is 9.93. The molecule has 0 fully saturated rings. The summed E-state index contributed by atoms with van der Waals surface area (Å²) in [5.74, 6) is -1.37. The maximum Gasteiger partial charge on any atom is 0.271 e. The minimum Gasteiger partial charge on any atom is -0.489 e. The van der Waals surface area contributed by atoms with Gasteiger partial charge < -0.3 is 4.74 Å². The Morgan fingerprint density at radius 1 is 0.857 bits per heavy atom. The third-order valence-corrected chi connectivity index (χ3v) is 5.59. The maximum atomic E-state index is 13.2. The van der Waals surface area contributed by atoms with Crippen LogP contribution in [-0.4, -0.2) is 16.7 Å². The van der Waals surface area contributed by atoms with Crippen LogP contribution in [0.25, 0.3) is 6.08 Å². The summed E-state index contributed by atoms with van der Waals surface area (Å²) in [5.41, 5.74) is 2.47. The molecule has 0 N–H and O–H groups in total. The van der Waals surface area contributed by atoms with E-state index in [1.807, 2.05) is 6.07 Å². The van der Waals surface area contributed by atoms with Crippen LogP contribution in [0, 0.1) is 23.0 Å². The molecule has 3 aromatic rings. The first-order chi connectivity index (χ1) is 16.9. The van der Waals surface area contributed by atoms with Crippen molar-refractivity contribution in [1.82, 2.24) is 4.90 Å². The Hall–Kier alpha value is -4.57. The summed E-state index contributed by atoms with van der Waals surface area (Å²) in [7, 11) is 0. The number of hydrogen-bond donors (Lipinski definition) is 0. The van der Waals surface area contributed by atoms with Crippen LogP contribution in [0.15, 0.2) is 89.5 Å². The smallest absolute Gasteiger partial charge is 0.271 e. The summed E-state index contributed by atoms with van der Waals surface area (Å²) in [6.07, 6.45) is 1.61. The van der Waals surface area contributed by atoms with Gasteiger partial charge in [-0.3, -0.25) is 14.5 Å². The van der Waals surface area contributed by atoms with Crippen LogP contribution in [0.3, 0.4) is 0 Å². The molecule has 0 bridgehead atoms. The number of nitriles is 1. The Balaban J connectivity index is 1.55. The van der Waals surface area contributed by atoms with Crippen LogP contribution in [0.4, 0.5) is 8.78 Å². The molecule has 1 heterocycles. The molecule has 0 aromatic heterocycles. The highest BCUT2D eigenvalue weighted by molar-refractivity contribution is 6.19. The first kappa shape index (κ1) is 23.6. The number of imide groups is 1. The zero-order chi connectivity index (χ0) is 24.9. The van der Waals surface area contributed by atoms with Gasteiger partial charge in [0.1, 0.15) is 35.6 Å². The standard InChI is InChI=1S/C28H20F2N2O3/c1-18-25(14-19-6-12-24(13-7-19)35-17-21-4-10-23(30)11-5-21)27(33)32(28(34)26(18)15-31)16-20-2-8-22(29)9-3-20/h2-14H,16-17H2,1H3/b25-14+. The van der Waals surface area contributed by atoms with E-state index < -0.39 is 17.6 Å². The highest BCUT2D eigenvalue weighted by Gasteiger charge is 2.35. The zero-order valence-corrected chi connectivity index (χ0v) is 18.8. The summed E-state index contributed by atoms with van der Waals surface area (Å²) in [5, 5.41) is 9.55. The van der Waals surface area contributed by atoms with Gasteiger partial charge >= 0.3 is 0 Å². The molecule has 1 aliphatic rings. The number of hydrogen-bond acceptors (Lipinski definition) is 4. The van der Waals surface area contributed by atoms with Crippen molar-refractivity contribution in [3.63, 3.8) is 0 Å². The van der Waals surface area contributed by atoms with E-state index in [-0.39, 0.29) is 30.1 Å². The van der Waals surface area contributed by atoms with E-state index in [4.69, 9.17) is 4.74 Å². The van der Waals surface area contributed by atoms with E-state index in [9.17, 15) is 23.6 Å². The summed E-state index contributed by atoms with van der Waals surface area (Å²) >= 11 is 0. The van der Waals surface area contributed by atoms with Crippen LogP contribution in [0.5, 0.6) is 5.75 Å². The Labute approximate surface area is 201 Å². The van der Waals surface area contributed by atoms with Crippen molar-refractivity contribution in [2.45, 2.75) is 20.1 Å². The Morgan fingerprint density at radius 2 is 1.43 bits per heavy atom. The second kappa shape index (κ2) is 10.1. The first-order valence-electron chi connectivity index (χ1n) is 10.8. The van der Waals surface area contributed by atoms with Gasteiger partial charge in [0.2, 0.25) is 0 Å². The molecule has 0 saturated carbocycles. The molecule has 0 saturated heterocycles. The molecule has 0 spiro atoms. The van der Waals surface area contributed by atoms with Crippen LogP contribution >= 0.6 is 0 Å². The monoisotopic (exact) mass is 470 g/mol. The van der Waals surface area contributed by atoms with Gasteiger partial charge in [-0.05, 0) is 71.7 Å². The summed E-state index contributed by atoms with van der Waals surface area (Å²) in [4.78, 5) is 27.0. The zero-order valence-electron chi connectivity index (χ0n) is 18.8. The van der Waals surface area contributed by atoms with Gasteiger partial charge in [0.05, 0.1) is 6.54 Å². The average Bonchev–Trinajstić information content (AvgIpc) is 2.86. The molecule has 3 aromatic carbocycles. The van der Waals surface area contributed by atoms with Crippen molar-refractivity contribution in [3.05, 3.63) is 118 Å². The Kier molecular flexibility index (Phi) is 6.83. The largest absolute Gasteiger partial charge is 0.489 e. The summed E-state index contributed by atoms with van der Waals surface area (Å²) < 4.78 is 32.0. The van der Waals surface area contributed by atoms with Gasteiger partial charge in [-0.25, -0.2) is 8.78 Å². The molecule has 174 valence electrons. The van der Waals surface area contributed by atoms with E-state index in [1.54, 1.807) is 49.4 Å². The maximum absolute atomic E-state index is 13.2. The molecular weight excluding hydrogens is 450 g/mol. The van der Waals surface area contributed by atoms with E-state index in [1.165, 1.54) is 36.4 Å². The molecule has 4 rings (SSSR count). The Bertz CT molecular complexity index is 1370. The second-order valence-electron chi connectivity index (χ2n) is 7.98. The van der Waals surface area contributed by atoms with Crippen molar-refractivity contribution in [2.24, 2.45) is 0 Å². The van der Waals surface area contributed by atoms with Crippen molar-refractivity contribution in [3.8, 4) is 11.8 Å². The van der Waals surface area contributed by atoms with Crippen molar-refractivity contribution in [1.29, 1.82) is 5.26 Å². The summed E-state index contributed by atoms with van der Waals surface area (Å²) in [6, 6.07) is 20.3. The molecule has 0 radical (unpaired) electrons. The fraction of sp³-hybridized carbons (Fsp3) is 0.107. The third-order valence-electron chi connectivity index (χ3n) is 5.59. The number of ether oxygens (including phenoxy) is 1. The molecule has 5 nitrogen and oxygen atoms in total. The van der Waals surface area contributed by atoms with E-state index in [2.05, 4.69) is 0 Å². The lowest BCUT2D eigenvalue weighted by Crippen LogP contribution is -2.42. The predicted molar refractivity (Wildman–Crippen MR) is 125 cm³/mol. The predicted octanol–water partition coefficient (Wildman–Crippen LogP) is 5.34. The first-order valence-corrected chi connectivity index (χ1v) is 10.8. The van der Waals surface area contributed by atoms with E-state index in [0.29, 0.717) is 22.4 Å². The molecule has 0 atom stereocenters. The molecule has 1 aliphatic heterocycles. The topological polar surface area (TPSA) is 70.4 Å². The van der Waals surface area contributed by atoms with Crippen LogP contribution in [-0.2, 0) is 22.7 Å². The number of carbonyl (C=O) groups is 2. The molecule has 0 aliphatic carbocycles. The van der Waals surface area contributed by atoms with Gasteiger partial charge in [0.15, 0.2) is 0 Å². The minimum atomic E-state index is -0.680. The fourth-order valence-corrected chi connectivity index (χ4v) is 3.62. The quantitative estimate of drug-likeness (QED) is 0.360. The highest BCUT2D eigenvalue weighted by Crippen LogP contribution is 2.28. The van der Waals surface area contributed by atoms with Crippen molar-refractivity contribution >= 4 is 17.9 Å². The average molecular weight is 470 g/mol. The third kappa shape index (κ3) is 5.33. The van der Waals surface area contributed by atoms with Crippen LogP contribution < -0.4 is 4.74 Å². The number of rotatable bonds is 6. The normalized spacial score (nSPS) is 14.9. The summed E-state index contributed by atoms with van der Waals surface area (Å²) in [6.45, 7) is 1.76. The number of benzene rings is 3. The van der Waals surface area contributed by atoms with Gasteiger partial charge in [0, 0.05) is 5.57 Å². The molecule has 0 unspecified atom stereocenters. The second-order valence-corrected chi connectivity index (χ2v) is 7.98. The number of nitrogens with zero attached hydrogens (tertiary/aromatic N) is 2. The van der Waals surface area contributed by atoms with Crippen LogP contribution in [0.2, 0.25) is 0 Å². The van der Waals surface area contributed by atoms with E-state index >= 15 is 0 Å². The van der Waals surface area contributed by atoms with Gasteiger partial charge in [0.25, 0.3) is 11.8 Å². The van der Waals surface area contributed by atoms with Gasteiger partial charge in [-0.15, -0.1) is 0 Å². The molecule has 7 heteroatoms. The van der Waals surface area contributed by atoms with Gasteiger partial charge in [-0.1, -0.05) is 36.4 Å². The lowest BCUT2D eigenvalue weighted by Gasteiger charge is -2.27. The minimum absolute atomic E-state index is 0.0795. The Morgan fingerprint density at radius 3 is 2.00 bits per heavy atom. The fourth-order valence-electron chi connectivity index (χ4n) is 3.62.